The summed E-state index contributed by atoms with van der Waals surface area (Å²) in [6.45, 7) is 9.35. The van der Waals surface area contributed by atoms with Gasteiger partial charge in [-0.3, -0.25) is 0 Å². The minimum Gasteiger partial charge on any atom is -0.442 e. The smallest absolute Gasteiger partial charge is 0.430 e. The van der Waals surface area contributed by atoms with Gasteiger partial charge in [0.05, 0.1) is 0 Å². The summed E-state index contributed by atoms with van der Waals surface area (Å²) in [5.41, 5.74) is 0.430. The van der Waals surface area contributed by atoms with Crippen molar-refractivity contribution in [1.29, 1.82) is 0 Å². The maximum Gasteiger partial charge on any atom is 0.430 e. The van der Waals surface area contributed by atoms with Crippen molar-refractivity contribution in [1.82, 2.24) is 5.01 Å². The lowest BCUT2D eigenvalue weighted by Crippen LogP contribution is -2.31. The average molecular weight is 200 g/mol. The third-order valence-electron chi connectivity index (χ3n) is 1.49. The molecule has 0 saturated heterocycles. The summed E-state index contributed by atoms with van der Waals surface area (Å²) in [5.74, 6) is 0. The third-order valence-corrected chi connectivity index (χ3v) is 1.49. The number of hydrogen-bond acceptors (Lipinski definition) is 3. The maximum absolute atomic E-state index is 11.4. The van der Waals surface area contributed by atoms with Crippen molar-refractivity contribution in [2.45, 2.75) is 46.6 Å². The summed E-state index contributed by atoms with van der Waals surface area (Å²) in [4.78, 5) is 11.4. The fourth-order valence-corrected chi connectivity index (χ4v) is 0.696. The molecule has 0 fully saturated rings. The number of carbonyl (C=O) groups excluding carboxylic acids is 1. The first-order valence-electron chi connectivity index (χ1n) is 4.77. The third kappa shape index (κ3) is 5.56. The van der Waals surface area contributed by atoms with Crippen LogP contribution in [0.4, 0.5) is 4.79 Å². The molecule has 0 atom stereocenters. The van der Waals surface area contributed by atoms with Gasteiger partial charge in [-0.2, -0.15) is 5.10 Å². The van der Waals surface area contributed by atoms with E-state index in [4.69, 9.17) is 4.74 Å². The standard InChI is InChI=1S/C10H20N2O2/c1-7-8(2)11-12(6)9(13)14-10(3,4)5/h7H2,1-6H3. The first-order valence-corrected chi connectivity index (χ1v) is 4.77. The predicted molar refractivity (Wildman–Crippen MR) is 57.4 cm³/mol. The summed E-state index contributed by atoms with van der Waals surface area (Å²) >= 11 is 0. The highest BCUT2D eigenvalue weighted by molar-refractivity contribution is 5.82. The molecule has 0 aliphatic rings. The Balaban J connectivity index is 4.27. The van der Waals surface area contributed by atoms with Crippen molar-refractivity contribution in [2.75, 3.05) is 7.05 Å². The van der Waals surface area contributed by atoms with Crippen LogP contribution in [0.2, 0.25) is 0 Å². The summed E-state index contributed by atoms with van der Waals surface area (Å²) < 4.78 is 5.12. The van der Waals surface area contributed by atoms with Crippen LogP contribution in [-0.4, -0.2) is 29.5 Å². The van der Waals surface area contributed by atoms with Crippen molar-refractivity contribution < 1.29 is 9.53 Å². The number of amides is 1. The fourth-order valence-electron chi connectivity index (χ4n) is 0.696. The topological polar surface area (TPSA) is 41.9 Å². The SMILES string of the molecule is CCC(C)=NN(C)C(=O)OC(C)(C)C. The Kier molecular flexibility index (Phi) is 4.60. The van der Waals surface area contributed by atoms with Crippen LogP contribution in [0.5, 0.6) is 0 Å². The number of carbonyl (C=O) groups is 1. The molecule has 0 aliphatic carbocycles. The van der Waals surface area contributed by atoms with E-state index in [1.807, 2.05) is 34.6 Å². The van der Waals surface area contributed by atoms with Crippen molar-refractivity contribution in [3.8, 4) is 0 Å². The quantitative estimate of drug-likeness (QED) is 0.508. The van der Waals surface area contributed by atoms with Gasteiger partial charge in [0.25, 0.3) is 0 Å². The van der Waals surface area contributed by atoms with Gasteiger partial charge >= 0.3 is 6.09 Å². The van der Waals surface area contributed by atoms with E-state index in [0.717, 1.165) is 12.1 Å². The molecule has 4 heteroatoms. The zero-order chi connectivity index (χ0) is 11.4. The van der Waals surface area contributed by atoms with E-state index < -0.39 is 11.7 Å². The second kappa shape index (κ2) is 4.98. The van der Waals surface area contributed by atoms with Gasteiger partial charge in [-0.1, -0.05) is 6.92 Å². The molecule has 1 amide bonds. The normalized spacial score (nSPS) is 12.6. The molecule has 0 aromatic heterocycles. The Morgan fingerprint density at radius 2 is 1.93 bits per heavy atom. The minimum atomic E-state index is -0.471. The Hall–Kier alpha value is -1.06. The fraction of sp³-hybridized carbons (Fsp3) is 0.800. The molecule has 14 heavy (non-hydrogen) atoms. The van der Waals surface area contributed by atoms with E-state index in [-0.39, 0.29) is 0 Å². The van der Waals surface area contributed by atoms with Crippen molar-refractivity contribution in [3.05, 3.63) is 0 Å². The van der Waals surface area contributed by atoms with Gasteiger partial charge in [-0.25, -0.2) is 9.80 Å². The van der Waals surface area contributed by atoms with Gasteiger partial charge in [-0.15, -0.1) is 0 Å². The van der Waals surface area contributed by atoms with E-state index in [2.05, 4.69) is 5.10 Å². The maximum atomic E-state index is 11.4. The van der Waals surface area contributed by atoms with E-state index in [0.29, 0.717) is 0 Å². The summed E-state index contributed by atoms with van der Waals surface area (Å²) in [6.07, 6.45) is 0.401. The lowest BCUT2D eigenvalue weighted by atomic mass is 10.2. The Bertz CT molecular complexity index is 229. The molecule has 0 N–H and O–H groups in total. The van der Waals surface area contributed by atoms with Gasteiger partial charge in [-0.05, 0) is 34.1 Å². The predicted octanol–water partition coefficient (Wildman–Crippen LogP) is 2.64. The van der Waals surface area contributed by atoms with E-state index >= 15 is 0 Å². The second-order valence-corrected chi connectivity index (χ2v) is 4.19. The largest absolute Gasteiger partial charge is 0.442 e. The van der Waals surface area contributed by atoms with Gasteiger partial charge < -0.3 is 4.74 Å². The number of rotatable bonds is 2. The number of ether oxygens (including phenoxy) is 1. The van der Waals surface area contributed by atoms with Gasteiger partial charge in [0.15, 0.2) is 0 Å². The molecule has 0 aliphatic heterocycles. The first-order chi connectivity index (χ1) is 6.26. The average Bonchev–Trinajstić information content (AvgIpc) is 2.00. The molecule has 4 nitrogen and oxygen atoms in total. The summed E-state index contributed by atoms with van der Waals surface area (Å²) in [6, 6.07) is 0. The minimum absolute atomic E-state index is 0.426. The van der Waals surface area contributed by atoms with Crippen LogP contribution in [0.25, 0.3) is 0 Å². The second-order valence-electron chi connectivity index (χ2n) is 4.19. The number of hydrazone groups is 1. The molecule has 0 bridgehead atoms. The lowest BCUT2D eigenvalue weighted by molar-refractivity contribution is 0.0302. The molecular weight excluding hydrogens is 180 g/mol. The zero-order valence-electron chi connectivity index (χ0n) is 9.92. The van der Waals surface area contributed by atoms with Crippen LogP contribution in [0.1, 0.15) is 41.0 Å². The summed E-state index contributed by atoms with van der Waals surface area (Å²) in [5, 5.41) is 5.28. The molecule has 82 valence electrons. The Labute approximate surface area is 85.9 Å². The Morgan fingerprint density at radius 1 is 1.43 bits per heavy atom. The molecule has 0 radical (unpaired) electrons. The van der Waals surface area contributed by atoms with Crippen LogP contribution < -0.4 is 0 Å². The molecule has 0 heterocycles. The van der Waals surface area contributed by atoms with Gasteiger partial charge in [0.1, 0.15) is 5.60 Å². The monoisotopic (exact) mass is 200 g/mol. The van der Waals surface area contributed by atoms with Crippen LogP contribution in [0, 0.1) is 0 Å². The highest BCUT2D eigenvalue weighted by Crippen LogP contribution is 2.09. The van der Waals surface area contributed by atoms with Crippen LogP contribution >= 0.6 is 0 Å². The molecule has 0 spiro atoms. The highest BCUT2D eigenvalue weighted by Gasteiger charge is 2.19. The molecular formula is C10H20N2O2. The van der Waals surface area contributed by atoms with Crippen LogP contribution in [0.3, 0.4) is 0 Å². The molecule has 0 unspecified atom stereocenters. The number of nitrogens with zero attached hydrogens (tertiary/aromatic N) is 2. The van der Waals surface area contributed by atoms with Crippen molar-refractivity contribution in [2.24, 2.45) is 5.10 Å². The molecule has 0 aromatic carbocycles. The van der Waals surface area contributed by atoms with Crippen molar-refractivity contribution >= 4 is 11.8 Å². The van der Waals surface area contributed by atoms with Crippen molar-refractivity contribution in [3.63, 3.8) is 0 Å². The Morgan fingerprint density at radius 3 is 2.29 bits per heavy atom. The highest BCUT2D eigenvalue weighted by atomic mass is 16.6. The molecule has 0 saturated carbocycles. The van der Waals surface area contributed by atoms with Gasteiger partial charge in [0.2, 0.25) is 0 Å². The van der Waals surface area contributed by atoms with E-state index in [1.165, 1.54) is 5.01 Å². The van der Waals surface area contributed by atoms with E-state index in [9.17, 15) is 4.79 Å². The lowest BCUT2D eigenvalue weighted by Gasteiger charge is -2.22. The summed E-state index contributed by atoms with van der Waals surface area (Å²) in [7, 11) is 1.59. The number of hydrogen-bond donors (Lipinski definition) is 0. The van der Waals surface area contributed by atoms with Crippen LogP contribution in [0.15, 0.2) is 5.10 Å². The van der Waals surface area contributed by atoms with Crippen LogP contribution in [-0.2, 0) is 4.74 Å². The zero-order valence-corrected chi connectivity index (χ0v) is 9.92. The van der Waals surface area contributed by atoms with Gasteiger partial charge in [0, 0.05) is 12.8 Å². The molecule has 0 aromatic rings. The first kappa shape index (κ1) is 12.9. The van der Waals surface area contributed by atoms with E-state index in [1.54, 1.807) is 7.05 Å². The molecule has 0 rings (SSSR count).